The standard InChI is InChI=1S/C19H16F2N2O3/c1-12-16(10-22-23(12)2)18(24)7-6-14-4-5-15(26-14)11-25-19-8-3-13(20)9-17(19)21/h3-10H,11H2,1-2H3/b7-6-. The second-order valence-electron chi connectivity index (χ2n) is 5.63. The van der Waals surface area contributed by atoms with Gasteiger partial charge in [0.25, 0.3) is 0 Å². The quantitative estimate of drug-likeness (QED) is 0.492. The maximum absolute atomic E-state index is 13.5. The third-order valence-corrected chi connectivity index (χ3v) is 3.85. The molecule has 5 nitrogen and oxygen atoms in total. The number of ether oxygens (including phenoxy) is 1. The average Bonchev–Trinajstić information content (AvgIpc) is 3.19. The topological polar surface area (TPSA) is 57.3 Å². The minimum absolute atomic E-state index is 0.0218. The molecular formula is C19H16F2N2O3. The van der Waals surface area contributed by atoms with Crippen molar-refractivity contribution < 1.29 is 22.7 Å². The van der Waals surface area contributed by atoms with Crippen LogP contribution in [0.3, 0.4) is 0 Å². The Hall–Kier alpha value is -3.22. The van der Waals surface area contributed by atoms with Crippen molar-refractivity contribution in [2.24, 2.45) is 7.05 Å². The van der Waals surface area contributed by atoms with Gasteiger partial charge in [0.2, 0.25) is 0 Å². The molecule has 1 aromatic carbocycles. The second kappa shape index (κ2) is 7.35. The van der Waals surface area contributed by atoms with E-state index in [9.17, 15) is 13.6 Å². The first-order valence-corrected chi connectivity index (χ1v) is 7.81. The number of carbonyl (C=O) groups excluding carboxylic acids is 1. The lowest BCUT2D eigenvalue weighted by atomic mass is 10.1. The molecule has 134 valence electrons. The predicted molar refractivity (Wildman–Crippen MR) is 90.7 cm³/mol. The van der Waals surface area contributed by atoms with Crippen LogP contribution in [0.4, 0.5) is 8.78 Å². The molecule has 3 aromatic rings. The van der Waals surface area contributed by atoms with Crippen LogP contribution in [0.15, 0.2) is 47.0 Å². The Morgan fingerprint density at radius 3 is 2.81 bits per heavy atom. The lowest BCUT2D eigenvalue weighted by molar-refractivity contribution is 0.104. The summed E-state index contributed by atoms with van der Waals surface area (Å²) < 4.78 is 38.8. The molecule has 0 spiro atoms. The van der Waals surface area contributed by atoms with Gasteiger partial charge in [-0.1, -0.05) is 0 Å². The minimum atomic E-state index is -0.783. The predicted octanol–water partition coefficient (Wildman–Crippen LogP) is 4.07. The molecule has 0 fully saturated rings. The fourth-order valence-electron chi connectivity index (χ4n) is 2.29. The van der Waals surface area contributed by atoms with E-state index in [-0.39, 0.29) is 18.1 Å². The van der Waals surface area contributed by atoms with E-state index >= 15 is 0 Å². The molecule has 26 heavy (non-hydrogen) atoms. The van der Waals surface area contributed by atoms with Crippen molar-refractivity contribution in [3.05, 3.63) is 77.0 Å². The third kappa shape index (κ3) is 3.88. The number of benzene rings is 1. The molecule has 0 N–H and O–H groups in total. The molecule has 2 aromatic heterocycles. The van der Waals surface area contributed by atoms with Gasteiger partial charge in [0.05, 0.1) is 11.8 Å². The molecule has 0 saturated heterocycles. The van der Waals surface area contributed by atoms with Crippen LogP contribution in [0, 0.1) is 18.6 Å². The Morgan fingerprint density at radius 1 is 1.31 bits per heavy atom. The largest absolute Gasteiger partial charge is 0.483 e. The van der Waals surface area contributed by atoms with Gasteiger partial charge in [-0.15, -0.1) is 0 Å². The van der Waals surface area contributed by atoms with E-state index < -0.39 is 11.6 Å². The van der Waals surface area contributed by atoms with E-state index in [0.717, 1.165) is 17.8 Å². The summed E-state index contributed by atoms with van der Waals surface area (Å²) in [7, 11) is 1.76. The molecule has 2 heterocycles. The van der Waals surface area contributed by atoms with Gasteiger partial charge in [-0.05, 0) is 43.3 Å². The van der Waals surface area contributed by atoms with Crippen LogP contribution in [-0.4, -0.2) is 15.6 Å². The number of aryl methyl sites for hydroxylation is 1. The van der Waals surface area contributed by atoms with Gasteiger partial charge >= 0.3 is 0 Å². The highest BCUT2D eigenvalue weighted by Gasteiger charge is 2.10. The third-order valence-electron chi connectivity index (χ3n) is 3.85. The van der Waals surface area contributed by atoms with Crippen molar-refractivity contribution >= 4 is 11.9 Å². The molecule has 0 amide bonds. The van der Waals surface area contributed by atoms with E-state index in [0.29, 0.717) is 17.1 Å². The summed E-state index contributed by atoms with van der Waals surface area (Å²) in [6.45, 7) is 1.79. The normalized spacial score (nSPS) is 11.2. The number of hydrogen-bond acceptors (Lipinski definition) is 4. The van der Waals surface area contributed by atoms with Crippen LogP contribution in [0.25, 0.3) is 6.08 Å². The highest BCUT2D eigenvalue weighted by atomic mass is 19.1. The Kier molecular flexibility index (Phi) is 4.97. The zero-order valence-electron chi connectivity index (χ0n) is 14.2. The average molecular weight is 358 g/mol. The van der Waals surface area contributed by atoms with E-state index in [1.165, 1.54) is 24.4 Å². The summed E-state index contributed by atoms with van der Waals surface area (Å²) in [6.07, 6.45) is 4.45. The first-order chi connectivity index (χ1) is 12.4. The van der Waals surface area contributed by atoms with Gasteiger partial charge in [0.15, 0.2) is 17.3 Å². The molecule has 0 saturated carbocycles. The molecule has 3 rings (SSSR count). The molecule has 0 bridgehead atoms. The monoisotopic (exact) mass is 358 g/mol. The number of aromatic nitrogens is 2. The molecule has 0 atom stereocenters. The Labute approximate surface area is 148 Å². The molecular weight excluding hydrogens is 342 g/mol. The number of rotatable bonds is 6. The summed E-state index contributed by atoms with van der Waals surface area (Å²) in [5.74, 6) is -0.806. The van der Waals surface area contributed by atoms with E-state index in [1.807, 2.05) is 6.92 Å². The summed E-state index contributed by atoms with van der Waals surface area (Å²) in [6, 6.07) is 6.39. The van der Waals surface area contributed by atoms with E-state index in [4.69, 9.17) is 9.15 Å². The van der Waals surface area contributed by atoms with Crippen LogP contribution in [0.1, 0.15) is 27.6 Å². The zero-order valence-corrected chi connectivity index (χ0v) is 14.2. The van der Waals surface area contributed by atoms with Crippen LogP contribution < -0.4 is 4.74 Å². The SMILES string of the molecule is Cc1c(C(=O)/C=C\c2ccc(COc3ccc(F)cc3F)o2)cnn1C. The van der Waals surface area contributed by atoms with Crippen molar-refractivity contribution in [1.29, 1.82) is 0 Å². The first kappa shape index (κ1) is 17.6. The van der Waals surface area contributed by atoms with Crippen molar-refractivity contribution in [3.63, 3.8) is 0 Å². The molecule has 0 unspecified atom stereocenters. The lowest BCUT2D eigenvalue weighted by Gasteiger charge is -2.05. The van der Waals surface area contributed by atoms with Gasteiger partial charge in [-0.2, -0.15) is 5.10 Å². The first-order valence-electron chi connectivity index (χ1n) is 7.81. The number of hydrogen-bond donors (Lipinski definition) is 0. The number of allylic oxidation sites excluding steroid dienone is 1. The molecule has 0 aliphatic heterocycles. The summed E-state index contributed by atoms with van der Waals surface area (Å²) in [5.41, 5.74) is 1.29. The maximum atomic E-state index is 13.5. The van der Waals surface area contributed by atoms with Crippen molar-refractivity contribution in [2.75, 3.05) is 0 Å². The van der Waals surface area contributed by atoms with Gasteiger partial charge in [0.1, 0.15) is 23.9 Å². The summed E-state index contributed by atoms with van der Waals surface area (Å²) in [4.78, 5) is 12.2. The van der Waals surface area contributed by atoms with Crippen LogP contribution in [0.5, 0.6) is 5.75 Å². The smallest absolute Gasteiger partial charge is 0.189 e. The zero-order chi connectivity index (χ0) is 18.7. The van der Waals surface area contributed by atoms with Gasteiger partial charge in [0, 0.05) is 18.8 Å². The Morgan fingerprint density at radius 2 is 2.12 bits per heavy atom. The number of ketones is 1. The molecule has 0 radical (unpaired) electrons. The molecule has 0 aliphatic carbocycles. The number of furan rings is 1. The number of halogens is 2. The highest BCUT2D eigenvalue weighted by molar-refractivity contribution is 6.07. The maximum Gasteiger partial charge on any atom is 0.189 e. The van der Waals surface area contributed by atoms with Gasteiger partial charge in [-0.25, -0.2) is 8.78 Å². The Balaban J connectivity index is 1.62. The van der Waals surface area contributed by atoms with Crippen LogP contribution in [0.2, 0.25) is 0 Å². The van der Waals surface area contributed by atoms with E-state index in [2.05, 4.69) is 5.10 Å². The number of carbonyl (C=O) groups is 1. The van der Waals surface area contributed by atoms with Crippen molar-refractivity contribution in [1.82, 2.24) is 9.78 Å². The molecule has 0 aliphatic rings. The molecule has 7 heteroatoms. The van der Waals surface area contributed by atoms with E-state index in [1.54, 1.807) is 23.9 Å². The highest BCUT2D eigenvalue weighted by Crippen LogP contribution is 2.20. The lowest BCUT2D eigenvalue weighted by Crippen LogP contribution is -1.98. The van der Waals surface area contributed by atoms with Crippen LogP contribution >= 0.6 is 0 Å². The summed E-state index contributed by atoms with van der Waals surface area (Å²) in [5, 5.41) is 4.03. The van der Waals surface area contributed by atoms with Gasteiger partial charge in [-0.3, -0.25) is 9.48 Å². The van der Waals surface area contributed by atoms with Crippen molar-refractivity contribution in [2.45, 2.75) is 13.5 Å². The number of nitrogens with zero attached hydrogens (tertiary/aromatic N) is 2. The Bertz CT molecular complexity index is 973. The fraction of sp³-hybridized carbons (Fsp3) is 0.158. The van der Waals surface area contributed by atoms with Crippen LogP contribution in [-0.2, 0) is 13.7 Å². The minimum Gasteiger partial charge on any atom is -0.483 e. The van der Waals surface area contributed by atoms with Crippen molar-refractivity contribution in [3.8, 4) is 5.75 Å². The fourth-order valence-corrected chi connectivity index (χ4v) is 2.29. The summed E-state index contributed by atoms with van der Waals surface area (Å²) >= 11 is 0. The second-order valence-corrected chi connectivity index (χ2v) is 5.63. The van der Waals surface area contributed by atoms with Gasteiger partial charge < -0.3 is 9.15 Å².